The number of methoxy groups -OCH3 is 1. The smallest absolute Gasteiger partial charge is 0.420 e. The molecule has 5 rings (SSSR count). The number of carbonyl (C=O) groups excluding carboxylic acids is 1. The average Bonchev–Trinajstić information content (AvgIpc) is 2.90. The molecule has 7 heteroatoms. The summed E-state index contributed by atoms with van der Waals surface area (Å²) in [5, 5.41) is 11.1. The van der Waals surface area contributed by atoms with Crippen molar-refractivity contribution in [3.8, 4) is 17.6 Å². The zero-order chi connectivity index (χ0) is 16.1. The molecular formula is C16H17N3O4. The predicted molar refractivity (Wildman–Crippen MR) is 79.4 cm³/mol. The van der Waals surface area contributed by atoms with Crippen LogP contribution in [0.25, 0.3) is 0 Å². The van der Waals surface area contributed by atoms with E-state index in [9.17, 15) is 4.79 Å². The fourth-order valence-electron chi connectivity index (χ4n) is 3.78. The molecule has 1 aromatic carbocycles. The van der Waals surface area contributed by atoms with Crippen LogP contribution in [0.4, 0.5) is 0 Å². The van der Waals surface area contributed by atoms with Gasteiger partial charge in [-0.1, -0.05) is 17.2 Å². The Labute approximate surface area is 133 Å². The summed E-state index contributed by atoms with van der Waals surface area (Å²) in [4.78, 5) is 11.2. The van der Waals surface area contributed by atoms with E-state index in [2.05, 4.69) is 15.5 Å². The molecule has 7 nitrogen and oxygen atoms in total. The van der Waals surface area contributed by atoms with Gasteiger partial charge in [0, 0.05) is 12.5 Å². The Balaban J connectivity index is 1.46. The highest BCUT2D eigenvalue weighted by molar-refractivity contribution is 5.75. The van der Waals surface area contributed by atoms with Crippen LogP contribution < -0.4 is 14.8 Å². The summed E-state index contributed by atoms with van der Waals surface area (Å²) in [6.07, 6.45) is 2.63. The first-order chi connectivity index (χ1) is 11.0. The minimum absolute atomic E-state index is 0.00373. The maximum absolute atomic E-state index is 11.2. The Morgan fingerprint density at radius 3 is 2.57 bits per heavy atom. The molecule has 1 aromatic heterocycles. The second kappa shape index (κ2) is 4.71. The van der Waals surface area contributed by atoms with Crippen molar-refractivity contribution in [3.05, 3.63) is 30.2 Å². The number of carbonyl (C=O) groups is 1. The van der Waals surface area contributed by atoms with Crippen LogP contribution in [0.5, 0.6) is 17.6 Å². The summed E-state index contributed by atoms with van der Waals surface area (Å²) < 4.78 is 16.5. The maximum atomic E-state index is 11.2. The van der Waals surface area contributed by atoms with E-state index in [0.29, 0.717) is 17.4 Å². The van der Waals surface area contributed by atoms with Crippen LogP contribution in [0.1, 0.15) is 32.1 Å². The lowest BCUT2D eigenvalue weighted by atomic mass is 9.39. The minimum atomic E-state index is -0.0994. The van der Waals surface area contributed by atoms with Gasteiger partial charge in [-0.05, 0) is 31.4 Å². The quantitative estimate of drug-likeness (QED) is 0.910. The minimum Gasteiger partial charge on any atom is -0.493 e. The van der Waals surface area contributed by atoms with Gasteiger partial charge in [0.1, 0.15) is 0 Å². The molecule has 0 saturated heterocycles. The Morgan fingerprint density at radius 1 is 1.22 bits per heavy atom. The third kappa shape index (κ3) is 2.15. The zero-order valence-electron chi connectivity index (χ0n) is 13.0. The highest BCUT2D eigenvalue weighted by Gasteiger charge is 2.71. The van der Waals surface area contributed by atoms with Gasteiger partial charge in [0.2, 0.25) is 11.8 Å². The van der Waals surface area contributed by atoms with Gasteiger partial charge in [0.15, 0.2) is 11.5 Å². The van der Waals surface area contributed by atoms with E-state index in [1.54, 1.807) is 26.2 Å². The lowest BCUT2D eigenvalue weighted by Gasteiger charge is -2.68. The first-order valence-corrected chi connectivity index (χ1v) is 7.48. The molecule has 0 atom stereocenters. The van der Waals surface area contributed by atoms with Gasteiger partial charge in [0.05, 0.1) is 12.5 Å². The third-order valence-corrected chi connectivity index (χ3v) is 4.60. The van der Waals surface area contributed by atoms with E-state index in [-0.39, 0.29) is 22.9 Å². The molecular weight excluding hydrogens is 298 g/mol. The van der Waals surface area contributed by atoms with Gasteiger partial charge >= 0.3 is 6.08 Å². The molecule has 2 bridgehead atoms. The molecule has 23 heavy (non-hydrogen) atoms. The Kier molecular flexibility index (Phi) is 2.88. The van der Waals surface area contributed by atoms with Crippen molar-refractivity contribution in [3.63, 3.8) is 0 Å². The molecule has 0 unspecified atom stereocenters. The van der Waals surface area contributed by atoms with E-state index in [1.165, 1.54) is 0 Å². The molecule has 3 saturated carbocycles. The number of rotatable bonds is 5. The van der Waals surface area contributed by atoms with E-state index in [4.69, 9.17) is 13.9 Å². The number of ether oxygens (including phenoxy) is 2. The second-order valence-electron chi connectivity index (χ2n) is 6.40. The number of amides is 1. The van der Waals surface area contributed by atoms with E-state index < -0.39 is 0 Å². The lowest BCUT2D eigenvalue weighted by molar-refractivity contribution is -0.139. The average molecular weight is 315 g/mol. The zero-order valence-corrected chi connectivity index (χ0v) is 13.0. The van der Waals surface area contributed by atoms with Crippen molar-refractivity contribution in [1.82, 2.24) is 15.5 Å². The number of para-hydroxylation sites is 2. The molecule has 1 heterocycles. The number of nitrogens with one attached hydrogen (secondary N) is 1. The predicted octanol–water partition coefficient (Wildman–Crippen LogP) is 2.18. The topological polar surface area (TPSA) is 86.5 Å². The molecule has 2 aromatic rings. The standard InChI is InChI=1S/C16H17N3O4/c1-10(20)17-16-7-15(8-16,9-16)13-18-19-14(23-13)22-12-6-4-3-5-11(12)21-2/h3-6H,7-9H2,1-2H3,(H,17,20). The molecule has 1 amide bonds. The monoisotopic (exact) mass is 315 g/mol. The van der Waals surface area contributed by atoms with Gasteiger partial charge < -0.3 is 19.2 Å². The van der Waals surface area contributed by atoms with Crippen molar-refractivity contribution in [2.75, 3.05) is 7.11 Å². The molecule has 0 radical (unpaired) electrons. The van der Waals surface area contributed by atoms with Gasteiger partial charge in [-0.25, -0.2) is 0 Å². The first-order valence-electron chi connectivity index (χ1n) is 7.48. The Morgan fingerprint density at radius 2 is 1.91 bits per heavy atom. The van der Waals surface area contributed by atoms with E-state index >= 15 is 0 Å². The van der Waals surface area contributed by atoms with Crippen LogP contribution in [0.3, 0.4) is 0 Å². The fourth-order valence-corrected chi connectivity index (χ4v) is 3.78. The first kappa shape index (κ1) is 14.0. The van der Waals surface area contributed by atoms with Crippen molar-refractivity contribution in [1.29, 1.82) is 0 Å². The molecule has 3 fully saturated rings. The second-order valence-corrected chi connectivity index (χ2v) is 6.40. The van der Waals surface area contributed by atoms with Crippen LogP contribution >= 0.6 is 0 Å². The van der Waals surface area contributed by atoms with Crippen molar-refractivity contribution in [2.45, 2.75) is 37.1 Å². The molecule has 0 spiro atoms. The van der Waals surface area contributed by atoms with Crippen LogP contribution in [0, 0.1) is 0 Å². The van der Waals surface area contributed by atoms with Crippen LogP contribution in [0.15, 0.2) is 28.7 Å². The summed E-state index contributed by atoms with van der Waals surface area (Å²) in [5.41, 5.74) is -0.165. The van der Waals surface area contributed by atoms with Gasteiger partial charge in [-0.3, -0.25) is 4.79 Å². The summed E-state index contributed by atoms with van der Waals surface area (Å²) in [5.74, 6) is 1.71. The molecule has 120 valence electrons. The van der Waals surface area contributed by atoms with Crippen LogP contribution in [-0.4, -0.2) is 28.8 Å². The highest BCUT2D eigenvalue weighted by atomic mass is 16.6. The van der Waals surface area contributed by atoms with Crippen LogP contribution in [0.2, 0.25) is 0 Å². The molecule has 3 aliphatic carbocycles. The van der Waals surface area contributed by atoms with E-state index in [1.807, 2.05) is 12.1 Å². The summed E-state index contributed by atoms with van der Waals surface area (Å²) in [6.45, 7) is 1.54. The van der Waals surface area contributed by atoms with Crippen molar-refractivity contribution >= 4 is 5.91 Å². The van der Waals surface area contributed by atoms with Gasteiger partial charge in [0.25, 0.3) is 0 Å². The lowest BCUT2D eigenvalue weighted by Crippen LogP contribution is -2.76. The van der Waals surface area contributed by atoms with Crippen molar-refractivity contribution in [2.24, 2.45) is 0 Å². The van der Waals surface area contributed by atoms with Gasteiger partial charge in [-0.2, -0.15) is 0 Å². The summed E-state index contributed by atoms with van der Waals surface area (Å²) in [7, 11) is 1.57. The summed E-state index contributed by atoms with van der Waals surface area (Å²) in [6, 6.07) is 7.27. The van der Waals surface area contributed by atoms with Crippen molar-refractivity contribution < 1.29 is 18.7 Å². The van der Waals surface area contributed by atoms with E-state index in [0.717, 1.165) is 19.3 Å². The SMILES string of the molecule is COc1ccccc1Oc1nnc(C23CC(NC(C)=O)(C2)C3)o1. The van der Waals surface area contributed by atoms with Gasteiger partial charge in [-0.15, -0.1) is 5.10 Å². The maximum Gasteiger partial charge on any atom is 0.420 e. The number of aromatic nitrogens is 2. The highest BCUT2D eigenvalue weighted by Crippen LogP contribution is 2.67. The number of nitrogens with zero attached hydrogens (tertiary/aromatic N) is 2. The molecule has 0 aliphatic heterocycles. The number of benzene rings is 1. The molecule has 3 aliphatic rings. The molecule has 1 N–H and O–H groups in total. The Bertz CT molecular complexity index is 750. The Hall–Kier alpha value is -2.57. The van der Waals surface area contributed by atoms with Crippen LogP contribution in [-0.2, 0) is 10.2 Å². The fraction of sp³-hybridized carbons (Fsp3) is 0.438. The largest absolute Gasteiger partial charge is 0.493 e. The third-order valence-electron chi connectivity index (χ3n) is 4.60. The number of hydrogen-bond donors (Lipinski definition) is 1. The normalized spacial score (nSPS) is 27.6. The number of hydrogen-bond acceptors (Lipinski definition) is 6. The summed E-state index contributed by atoms with van der Waals surface area (Å²) >= 11 is 0.